The van der Waals surface area contributed by atoms with Crippen molar-refractivity contribution in [3.8, 4) is 11.1 Å². The molecule has 1 heteroatoms. The standard InChI is InChI=1S/C12H10.C8H11N/c1-3-7-11(8-4-1)12-9-5-2-6-10-12;1-2-9-8-6-4-3-5-7-8/h1-10H;3-7,9H,2H2,1H3. The maximum absolute atomic E-state index is 3.21. The maximum Gasteiger partial charge on any atom is 0.0340 e. The van der Waals surface area contributed by atoms with E-state index in [-0.39, 0.29) is 0 Å². The zero-order valence-electron chi connectivity index (χ0n) is 12.4. The van der Waals surface area contributed by atoms with E-state index in [2.05, 4.69) is 72.9 Å². The molecule has 3 aromatic rings. The van der Waals surface area contributed by atoms with Gasteiger partial charge in [-0.25, -0.2) is 0 Å². The smallest absolute Gasteiger partial charge is 0.0340 e. The Hall–Kier alpha value is -2.54. The van der Waals surface area contributed by atoms with Crippen LogP contribution < -0.4 is 5.32 Å². The van der Waals surface area contributed by atoms with E-state index in [4.69, 9.17) is 0 Å². The van der Waals surface area contributed by atoms with E-state index in [9.17, 15) is 0 Å². The molecule has 0 amide bonds. The van der Waals surface area contributed by atoms with Crippen molar-refractivity contribution in [3.05, 3.63) is 91.0 Å². The Morgan fingerprint density at radius 2 is 0.952 bits per heavy atom. The normalized spacial score (nSPS) is 9.38. The lowest BCUT2D eigenvalue weighted by Crippen LogP contribution is -1.94. The quantitative estimate of drug-likeness (QED) is 0.668. The third-order valence-electron chi connectivity index (χ3n) is 3.04. The number of hydrogen-bond acceptors (Lipinski definition) is 1. The Morgan fingerprint density at radius 1 is 0.571 bits per heavy atom. The van der Waals surface area contributed by atoms with Gasteiger partial charge in [-0.1, -0.05) is 78.9 Å². The average Bonchev–Trinajstić information content (AvgIpc) is 2.58. The van der Waals surface area contributed by atoms with Crippen LogP contribution in [0.2, 0.25) is 0 Å². The van der Waals surface area contributed by atoms with Crippen molar-refractivity contribution in [2.75, 3.05) is 11.9 Å². The van der Waals surface area contributed by atoms with E-state index >= 15 is 0 Å². The summed E-state index contributed by atoms with van der Waals surface area (Å²) in [6.07, 6.45) is 0. The van der Waals surface area contributed by atoms with E-state index in [0.717, 1.165) is 6.54 Å². The van der Waals surface area contributed by atoms with Crippen molar-refractivity contribution in [3.63, 3.8) is 0 Å². The van der Waals surface area contributed by atoms with Gasteiger partial charge < -0.3 is 5.32 Å². The Balaban J connectivity index is 0.000000161. The van der Waals surface area contributed by atoms with Crippen LogP contribution in [0.4, 0.5) is 5.69 Å². The molecule has 106 valence electrons. The van der Waals surface area contributed by atoms with Crippen molar-refractivity contribution in [2.24, 2.45) is 0 Å². The largest absolute Gasteiger partial charge is 0.385 e. The summed E-state index contributed by atoms with van der Waals surface area (Å²) in [5.74, 6) is 0. The molecule has 1 N–H and O–H groups in total. The van der Waals surface area contributed by atoms with Gasteiger partial charge in [0.1, 0.15) is 0 Å². The van der Waals surface area contributed by atoms with Gasteiger partial charge >= 0.3 is 0 Å². The first kappa shape index (κ1) is 14.9. The minimum absolute atomic E-state index is 0.990. The molecule has 3 aromatic carbocycles. The summed E-state index contributed by atoms with van der Waals surface area (Å²) in [5.41, 5.74) is 3.75. The molecule has 3 rings (SSSR count). The molecule has 0 fully saturated rings. The SMILES string of the molecule is CCNc1ccccc1.c1ccc(-c2ccccc2)cc1. The average molecular weight is 275 g/mol. The molecule has 0 heterocycles. The second-order valence-corrected chi connectivity index (χ2v) is 4.63. The maximum atomic E-state index is 3.21. The van der Waals surface area contributed by atoms with Gasteiger partial charge in [0.05, 0.1) is 0 Å². The molecular formula is C20H21N. The minimum Gasteiger partial charge on any atom is -0.385 e. The first-order valence-electron chi connectivity index (χ1n) is 7.29. The lowest BCUT2D eigenvalue weighted by Gasteiger charge is -1.99. The molecule has 0 aromatic heterocycles. The van der Waals surface area contributed by atoms with E-state index in [1.807, 2.05) is 30.3 Å². The molecule has 0 aliphatic rings. The number of anilines is 1. The summed E-state index contributed by atoms with van der Waals surface area (Å²) < 4.78 is 0. The van der Waals surface area contributed by atoms with Crippen molar-refractivity contribution < 1.29 is 0 Å². The van der Waals surface area contributed by atoms with Gasteiger partial charge in [-0.3, -0.25) is 0 Å². The predicted octanol–water partition coefficient (Wildman–Crippen LogP) is 5.47. The first-order valence-corrected chi connectivity index (χ1v) is 7.29. The van der Waals surface area contributed by atoms with Crippen molar-refractivity contribution in [2.45, 2.75) is 6.92 Å². The van der Waals surface area contributed by atoms with Crippen LogP contribution in [-0.4, -0.2) is 6.54 Å². The predicted molar refractivity (Wildman–Crippen MR) is 92.5 cm³/mol. The van der Waals surface area contributed by atoms with Crippen LogP contribution in [0.15, 0.2) is 91.0 Å². The minimum atomic E-state index is 0.990. The lowest BCUT2D eigenvalue weighted by atomic mass is 10.1. The van der Waals surface area contributed by atoms with E-state index in [1.54, 1.807) is 0 Å². The van der Waals surface area contributed by atoms with Crippen molar-refractivity contribution in [1.29, 1.82) is 0 Å². The van der Waals surface area contributed by atoms with Crippen LogP contribution >= 0.6 is 0 Å². The Morgan fingerprint density at radius 3 is 1.33 bits per heavy atom. The summed E-state index contributed by atoms with van der Waals surface area (Å²) in [7, 11) is 0. The van der Waals surface area contributed by atoms with Crippen LogP contribution in [0, 0.1) is 0 Å². The highest BCUT2D eigenvalue weighted by Gasteiger charge is 1.91. The van der Waals surface area contributed by atoms with Gasteiger partial charge in [0, 0.05) is 12.2 Å². The lowest BCUT2D eigenvalue weighted by molar-refractivity contribution is 1.21. The highest BCUT2D eigenvalue weighted by molar-refractivity contribution is 5.62. The highest BCUT2D eigenvalue weighted by Crippen LogP contribution is 2.17. The molecule has 0 radical (unpaired) electrons. The Kier molecular flexibility index (Phi) is 6.08. The number of hydrogen-bond donors (Lipinski definition) is 1. The zero-order chi connectivity index (χ0) is 14.8. The molecule has 0 aliphatic heterocycles. The molecule has 0 atom stereocenters. The van der Waals surface area contributed by atoms with E-state index < -0.39 is 0 Å². The van der Waals surface area contributed by atoms with Crippen molar-refractivity contribution >= 4 is 5.69 Å². The monoisotopic (exact) mass is 275 g/mol. The molecule has 0 aliphatic carbocycles. The van der Waals surface area contributed by atoms with Crippen LogP contribution in [-0.2, 0) is 0 Å². The molecule has 0 saturated carbocycles. The fraction of sp³-hybridized carbons (Fsp3) is 0.100. The van der Waals surface area contributed by atoms with Crippen LogP contribution in [0.1, 0.15) is 6.92 Å². The van der Waals surface area contributed by atoms with Gasteiger partial charge in [0.2, 0.25) is 0 Å². The van der Waals surface area contributed by atoms with E-state index in [0.29, 0.717) is 0 Å². The third kappa shape index (κ3) is 5.15. The molecular weight excluding hydrogens is 254 g/mol. The molecule has 0 spiro atoms. The Bertz CT molecular complexity index is 566. The topological polar surface area (TPSA) is 12.0 Å². The zero-order valence-corrected chi connectivity index (χ0v) is 12.4. The summed E-state index contributed by atoms with van der Waals surface area (Å²) >= 11 is 0. The van der Waals surface area contributed by atoms with Gasteiger partial charge in [0.15, 0.2) is 0 Å². The fourth-order valence-electron chi connectivity index (χ4n) is 2.02. The molecule has 21 heavy (non-hydrogen) atoms. The highest BCUT2D eigenvalue weighted by atomic mass is 14.8. The molecule has 0 bridgehead atoms. The van der Waals surface area contributed by atoms with Gasteiger partial charge in [-0.15, -0.1) is 0 Å². The summed E-state index contributed by atoms with van der Waals surface area (Å²) in [4.78, 5) is 0. The third-order valence-corrected chi connectivity index (χ3v) is 3.04. The second kappa shape index (κ2) is 8.60. The molecule has 0 saturated heterocycles. The van der Waals surface area contributed by atoms with Crippen molar-refractivity contribution in [1.82, 2.24) is 0 Å². The number of para-hydroxylation sites is 1. The molecule has 0 unspecified atom stereocenters. The van der Waals surface area contributed by atoms with Crippen LogP contribution in [0.5, 0.6) is 0 Å². The van der Waals surface area contributed by atoms with E-state index in [1.165, 1.54) is 16.8 Å². The van der Waals surface area contributed by atoms with Crippen LogP contribution in [0.3, 0.4) is 0 Å². The molecule has 1 nitrogen and oxygen atoms in total. The van der Waals surface area contributed by atoms with Gasteiger partial charge in [0.25, 0.3) is 0 Å². The van der Waals surface area contributed by atoms with Gasteiger partial charge in [-0.2, -0.15) is 0 Å². The summed E-state index contributed by atoms with van der Waals surface area (Å²) in [5, 5.41) is 3.21. The summed E-state index contributed by atoms with van der Waals surface area (Å²) in [6.45, 7) is 3.08. The van der Waals surface area contributed by atoms with Gasteiger partial charge in [-0.05, 0) is 30.2 Å². The van der Waals surface area contributed by atoms with Crippen LogP contribution in [0.25, 0.3) is 11.1 Å². The number of nitrogens with one attached hydrogen (secondary N) is 1. The fourth-order valence-corrected chi connectivity index (χ4v) is 2.02. The summed E-state index contributed by atoms with van der Waals surface area (Å²) in [6, 6.07) is 31.0. The number of rotatable bonds is 3. The first-order chi connectivity index (χ1) is 10.4. The second-order valence-electron chi connectivity index (χ2n) is 4.63. The number of benzene rings is 3. The Labute approximate surface area is 127 Å².